The average molecular weight is 461 g/mol. The van der Waals surface area contributed by atoms with E-state index in [0.717, 1.165) is 54.5 Å². The number of halogens is 1. The molecule has 0 aliphatic carbocycles. The third-order valence-corrected chi connectivity index (χ3v) is 7.35. The fourth-order valence-corrected chi connectivity index (χ4v) is 5.34. The number of ether oxygens (including phenoxy) is 1. The van der Waals surface area contributed by atoms with E-state index in [-0.39, 0.29) is 0 Å². The summed E-state index contributed by atoms with van der Waals surface area (Å²) in [4.78, 5) is 1.55. The third kappa shape index (κ3) is 4.29. The Kier molecular flexibility index (Phi) is 6.61. The second kappa shape index (κ2) is 9.41. The van der Waals surface area contributed by atoms with Crippen LogP contribution >= 0.6 is 11.6 Å². The summed E-state index contributed by atoms with van der Waals surface area (Å²) in [6, 6.07) is 25.7. The van der Waals surface area contributed by atoms with Gasteiger partial charge in [0.1, 0.15) is 5.75 Å². The summed E-state index contributed by atoms with van der Waals surface area (Å²) in [6.45, 7) is 6.16. The molecule has 0 radical (unpaired) electrons. The smallest absolute Gasteiger partial charge is 0.166 e. The van der Waals surface area contributed by atoms with Crippen molar-refractivity contribution in [1.29, 1.82) is 0 Å². The SMILES string of the molecule is COc1ccc(C)c(-c2ccccc2[S+]([O-])c2ccc(C)cc2)c1-c1cc(Cl)ccc1C. The Balaban J connectivity index is 2.00. The van der Waals surface area contributed by atoms with Crippen molar-refractivity contribution in [1.82, 2.24) is 0 Å². The number of hydrogen-bond donors (Lipinski definition) is 0. The molecule has 1 atom stereocenters. The second-order valence-electron chi connectivity index (χ2n) is 7.87. The highest BCUT2D eigenvalue weighted by Gasteiger charge is 2.25. The molecule has 1 unspecified atom stereocenters. The monoisotopic (exact) mass is 460 g/mol. The van der Waals surface area contributed by atoms with Gasteiger partial charge in [-0.15, -0.1) is 0 Å². The van der Waals surface area contributed by atoms with E-state index in [0.29, 0.717) is 5.02 Å². The van der Waals surface area contributed by atoms with Crippen LogP contribution in [0.1, 0.15) is 16.7 Å². The number of methoxy groups -OCH3 is 1. The van der Waals surface area contributed by atoms with Crippen LogP contribution in [-0.4, -0.2) is 11.7 Å². The van der Waals surface area contributed by atoms with Crippen molar-refractivity contribution in [3.63, 3.8) is 0 Å². The van der Waals surface area contributed by atoms with E-state index in [1.165, 1.54) is 0 Å². The maximum absolute atomic E-state index is 13.6. The molecule has 2 nitrogen and oxygen atoms in total. The molecule has 0 heterocycles. The van der Waals surface area contributed by atoms with E-state index in [2.05, 4.69) is 13.8 Å². The van der Waals surface area contributed by atoms with Crippen molar-refractivity contribution >= 4 is 22.8 Å². The summed E-state index contributed by atoms with van der Waals surface area (Å²) in [5.41, 5.74) is 7.21. The molecule has 4 heteroatoms. The molecule has 0 aromatic heterocycles. The first-order valence-corrected chi connectivity index (χ1v) is 12.0. The number of benzene rings is 4. The molecule has 0 saturated carbocycles. The summed E-state index contributed by atoms with van der Waals surface area (Å²) in [5, 5.41) is 0.664. The van der Waals surface area contributed by atoms with Crippen LogP contribution in [0.3, 0.4) is 0 Å². The molecule has 4 aromatic rings. The number of hydrogen-bond acceptors (Lipinski definition) is 2. The zero-order chi connectivity index (χ0) is 22.8. The minimum absolute atomic E-state index is 0.664. The van der Waals surface area contributed by atoms with E-state index in [9.17, 15) is 4.55 Å². The molecule has 162 valence electrons. The van der Waals surface area contributed by atoms with Gasteiger partial charge in [-0.05, 0) is 79.9 Å². The first-order chi connectivity index (χ1) is 15.4. The van der Waals surface area contributed by atoms with Crippen LogP contribution in [0.25, 0.3) is 22.3 Å². The zero-order valence-electron chi connectivity index (χ0n) is 18.6. The van der Waals surface area contributed by atoms with Gasteiger partial charge >= 0.3 is 0 Å². The molecule has 0 N–H and O–H groups in total. The van der Waals surface area contributed by atoms with Crippen LogP contribution in [0.5, 0.6) is 5.75 Å². The first-order valence-electron chi connectivity index (χ1n) is 10.4. The predicted octanol–water partition coefficient (Wildman–Crippen LogP) is 7.77. The molecule has 0 saturated heterocycles. The standard InChI is InChI=1S/C28H25ClO2S/c1-18-9-14-22(15-10-18)32(30)26-8-6-5-7-23(26)27-20(3)12-16-25(31-4)28(27)24-17-21(29)13-11-19(24)2/h5-17H,1-4H3. The van der Waals surface area contributed by atoms with Crippen LogP contribution in [0.2, 0.25) is 5.02 Å². The van der Waals surface area contributed by atoms with Gasteiger partial charge < -0.3 is 9.29 Å². The lowest BCUT2D eigenvalue weighted by Gasteiger charge is -2.21. The highest BCUT2D eigenvalue weighted by Crippen LogP contribution is 2.45. The number of aryl methyl sites for hydroxylation is 3. The van der Waals surface area contributed by atoms with Gasteiger partial charge in [-0.2, -0.15) is 0 Å². The minimum atomic E-state index is -1.33. The summed E-state index contributed by atoms with van der Waals surface area (Å²) < 4.78 is 19.4. The van der Waals surface area contributed by atoms with Gasteiger partial charge in [-0.25, -0.2) is 0 Å². The molecule has 0 fully saturated rings. The van der Waals surface area contributed by atoms with Gasteiger partial charge in [-0.1, -0.05) is 53.6 Å². The Morgan fingerprint density at radius 2 is 1.44 bits per heavy atom. The van der Waals surface area contributed by atoms with Gasteiger partial charge in [-0.3, -0.25) is 0 Å². The molecular weight excluding hydrogens is 436 g/mol. The summed E-state index contributed by atoms with van der Waals surface area (Å²) in [5.74, 6) is 0.756. The minimum Gasteiger partial charge on any atom is -0.606 e. The Labute approximate surface area is 198 Å². The molecular formula is C28H25ClO2S. The maximum atomic E-state index is 13.6. The molecule has 0 bridgehead atoms. The molecule has 0 aliphatic heterocycles. The van der Waals surface area contributed by atoms with E-state index >= 15 is 0 Å². The maximum Gasteiger partial charge on any atom is 0.166 e. The lowest BCUT2D eigenvalue weighted by Crippen LogP contribution is -2.05. The van der Waals surface area contributed by atoms with Gasteiger partial charge in [0, 0.05) is 32.9 Å². The highest BCUT2D eigenvalue weighted by molar-refractivity contribution is 7.91. The number of rotatable bonds is 5. The van der Waals surface area contributed by atoms with Crippen molar-refractivity contribution in [3.05, 3.63) is 101 Å². The normalized spacial score (nSPS) is 11.9. The molecule has 4 aromatic carbocycles. The van der Waals surface area contributed by atoms with Crippen LogP contribution in [0.4, 0.5) is 0 Å². The Morgan fingerprint density at radius 3 is 2.16 bits per heavy atom. The Bertz CT molecular complexity index is 1270. The first kappa shape index (κ1) is 22.5. The van der Waals surface area contributed by atoms with Crippen molar-refractivity contribution in [2.24, 2.45) is 0 Å². The van der Waals surface area contributed by atoms with Crippen molar-refractivity contribution in [2.45, 2.75) is 30.6 Å². The fraction of sp³-hybridized carbons (Fsp3) is 0.143. The zero-order valence-corrected chi connectivity index (χ0v) is 20.2. The molecule has 0 aliphatic rings. The van der Waals surface area contributed by atoms with Gasteiger partial charge in [0.15, 0.2) is 9.79 Å². The fourth-order valence-electron chi connectivity index (χ4n) is 3.96. The lowest BCUT2D eigenvalue weighted by molar-refractivity contribution is 0.416. The second-order valence-corrected chi connectivity index (χ2v) is 9.76. The van der Waals surface area contributed by atoms with Crippen molar-refractivity contribution in [3.8, 4) is 28.0 Å². The molecule has 32 heavy (non-hydrogen) atoms. The highest BCUT2D eigenvalue weighted by atomic mass is 35.5. The van der Waals surface area contributed by atoms with Crippen LogP contribution in [-0.2, 0) is 11.2 Å². The van der Waals surface area contributed by atoms with Gasteiger partial charge in [0.2, 0.25) is 0 Å². The Hall–Kier alpha value is -2.72. The molecule has 4 rings (SSSR count). The van der Waals surface area contributed by atoms with E-state index in [1.807, 2.05) is 85.8 Å². The Morgan fingerprint density at radius 1 is 0.750 bits per heavy atom. The molecule has 0 spiro atoms. The summed E-state index contributed by atoms with van der Waals surface area (Å²) in [7, 11) is 1.67. The quantitative estimate of drug-likeness (QED) is 0.285. The summed E-state index contributed by atoms with van der Waals surface area (Å²) >= 11 is 5.06. The van der Waals surface area contributed by atoms with E-state index in [4.69, 9.17) is 16.3 Å². The van der Waals surface area contributed by atoms with Crippen LogP contribution in [0.15, 0.2) is 88.7 Å². The van der Waals surface area contributed by atoms with Crippen LogP contribution in [0, 0.1) is 20.8 Å². The van der Waals surface area contributed by atoms with Crippen LogP contribution < -0.4 is 4.74 Å². The predicted molar refractivity (Wildman–Crippen MR) is 134 cm³/mol. The van der Waals surface area contributed by atoms with Crippen molar-refractivity contribution in [2.75, 3.05) is 7.11 Å². The summed E-state index contributed by atoms with van der Waals surface area (Å²) in [6.07, 6.45) is 0. The third-order valence-electron chi connectivity index (χ3n) is 5.66. The van der Waals surface area contributed by atoms with Gasteiger partial charge in [0.05, 0.1) is 7.11 Å². The van der Waals surface area contributed by atoms with E-state index < -0.39 is 11.2 Å². The molecule has 0 amide bonds. The van der Waals surface area contributed by atoms with Gasteiger partial charge in [0.25, 0.3) is 0 Å². The average Bonchev–Trinajstić information content (AvgIpc) is 2.80. The largest absolute Gasteiger partial charge is 0.606 e. The van der Waals surface area contributed by atoms with Crippen molar-refractivity contribution < 1.29 is 9.29 Å². The topological polar surface area (TPSA) is 32.3 Å². The lowest BCUT2D eigenvalue weighted by atomic mass is 9.88. The van der Waals surface area contributed by atoms with E-state index in [1.54, 1.807) is 7.11 Å².